The van der Waals surface area contributed by atoms with E-state index < -0.39 is 9.28 Å². The number of unbranched alkanes of at least 4 members (excludes halogenated alkanes) is 1. The van der Waals surface area contributed by atoms with E-state index in [1.807, 2.05) is 6.07 Å². The second-order valence-corrected chi connectivity index (χ2v) is 7.02. The molecule has 0 saturated heterocycles. The van der Waals surface area contributed by atoms with Gasteiger partial charge in [0.05, 0.1) is 0 Å². The number of allylic oxidation sites excluding steroid dienone is 1. The van der Waals surface area contributed by atoms with Gasteiger partial charge in [-0.2, -0.15) is 0 Å². The molecule has 0 aromatic heterocycles. The van der Waals surface area contributed by atoms with E-state index in [2.05, 4.69) is 50.3 Å². The highest BCUT2D eigenvalue weighted by Gasteiger charge is 2.11. The predicted octanol–water partition coefficient (Wildman–Crippen LogP) is 4.55. The Morgan fingerprint density at radius 1 is 1.00 bits per heavy atom. The summed E-state index contributed by atoms with van der Waals surface area (Å²) in [5, 5.41) is 0. The minimum atomic E-state index is -1.42. The van der Waals surface area contributed by atoms with Crippen molar-refractivity contribution in [3.05, 3.63) is 42.0 Å². The van der Waals surface area contributed by atoms with Crippen molar-refractivity contribution in [3.63, 3.8) is 0 Å². The first-order valence-corrected chi connectivity index (χ1v) is 9.57. The maximum atomic E-state index is 5.85. The molecule has 0 atom stereocenters. The standard InChI is InChI=1S/C17H28O2Si/c1-3-14-18-20(19-15-4-2)16-10-6-9-13-17-11-7-5-8-12-17/h5,7-9,11-13,20H,3-4,6,10,14-16H2,1-2H3. The van der Waals surface area contributed by atoms with E-state index in [1.54, 1.807) is 0 Å². The Balaban J connectivity index is 2.20. The summed E-state index contributed by atoms with van der Waals surface area (Å²) < 4.78 is 11.7. The molecule has 3 heteroatoms. The van der Waals surface area contributed by atoms with E-state index in [0.29, 0.717) is 0 Å². The van der Waals surface area contributed by atoms with Crippen LogP contribution in [0.1, 0.15) is 45.1 Å². The topological polar surface area (TPSA) is 18.5 Å². The molecule has 0 fully saturated rings. The molecule has 112 valence electrons. The van der Waals surface area contributed by atoms with Crippen molar-refractivity contribution in [2.45, 2.75) is 45.6 Å². The molecule has 20 heavy (non-hydrogen) atoms. The van der Waals surface area contributed by atoms with Gasteiger partial charge in [-0.25, -0.2) is 0 Å². The molecule has 0 heterocycles. The molecule has 2 nitrogen and oxygen atoms in total. The Labute approximate surface area is 125 Å². The van der Waals surface area contributed by atoms with Crippen LogP contribution in [0, 0.1) is 0 Å². The molecular weight excluding hydrogens is 264 g/mol. The second-order valence-electron chi connectivity index (χ2n) is 4.92. The Hall–Kier alpha value is -0.903. The molecule has 0 radical (unpaired) electrons. The van der Waals surface area contributed by atoms with E-state index in [4.69, 9.17) is 8.85 Å². The molecule has 0 aliphatic rings. The summed E-state index contributed by atoms with van der Waals surface area (Å²) in [5.74, 6) is 0. The van der Waals surface area contributed by atoms with Gasteiger partial charge in [0.15, 0.2) is 0 Å². The fourth-order valence-corrected chi connectivity index (χ4v) is 3.90. The molecule has 0 bridgehead atoms. The molecule has 0 saturated carbocycles. The summed E-state index contributed by atoms with van der Waals surface area (Å²) in [6, 6.07) is 11.5. The summed E-state index contributed by atoms with van der Waals surface area (Å²) in [6.07, 6.45) is 8.85. The first-order valence-electron chi connectivity index (χ1n) is 7.81. The molecule has 0 unspecified atom stereocenters. The summed E-state index contributed by atoms with van der Waals surface area (Å²) in [6.45, 7) is 5.99. The number of benzene rings is 1. The van der Waals surface area contributed by atoms with Crippen molar-refractivity contribution in [1.82, 2.24) is 0 Å². The van der Waals surface area contributed by atoms with Crippen LogP contribution < -0.4 is 0 Å². The van der Waals surface area contributed by atoms with Crippen molar-refractivity contribution in [2.75, 3.05) is 13.2 Å². The predicted molar refractivity (Wildman–Crippen MR) is 89.2 cm³/mol. The Morgan fingerprint density at radius 2 is 1.65 bits per heavy atom. The number of hydrogen-bond donors (Lipinski definition) is 0. The minimum Gasteiger partial charge on any atom is -0.397 e. The molecule has 1 rings (SSSR count). The SMILES string of the molecule is CCCO[SiH](CCCC=Cc1ccccc1)OCCC. The van der Waals surface area contributed by atoms with Crippen LogP contribution >= 0.6 is 0 Å². The van der Waals surface area contributed by atoms with Crippen molar-refractivity contribution in [2.24, 2.45) is 0 Å². The zero-order valence-corrected chi connectivity index (χ0v) is 14.0. The number of rotatable bonds is 11. The summed E-state index contributed by atoms with van der Waals surface area (Å²) >= 11 is 0. The van der Waals surface area contributed by atoms with Gasteiger partial charge in [0.25, 0.3) is 0 Å². The van der Waals surface area contributed by atoms with Crippen molar-refractivity contribution in [1.29, 1.82) is 0 Å². The van der Waals surface area contributed by atoms with Crippen LogP contribution in [0.2, 0.25) is 6.04 Å². The van der Waals surface area contributed by atoms with Gasteiger partial charge in [-0.15, -0.1) is 0 Å². The zero-order chi connectivity index (χ0) is 14.5. The van der Waals surface area contributed by atoms with Crippen molar-refractivity contribution >= 4 is 15.4 Å². The third kappa shape index (κ3) is 8.30. The van der Waals surface area contributed by atoms with Crippen LogP contribution in [-0.2, 0) is 8.85 Å². The normalized spacial score (nSPS) is 11.6. The third-order valence-corrected chi connectivity index (χ3v) is 5.03. The van der Waals surface area contributed by atoms with E-state index in [1.165, 1.54) is 5.56 Å². The smallest absolute Gasteiger partial charge is 0.321 e. The first-order chi connectivity index (χ1) is 9.86. The molecular formula is C17H28O2Si. The lowest BCUT2D eigenvalue weighted by Crippen LogP contribution is -2.23. The van der Waals surface area contributed by atoms with Crippen LogP contribution in [0.25, 0.3) is 6.08 Å². The molecule has 0 aliphatic heterocycles. The van der Waals surface area contributed by atoms with Gasteiger partial charge in [-0.05, 0) is 37.3 Å². The lowest BCUT2D eigenvalue weighted by molar-refractivity contribution is 0.196. The lowest BCUT2D eigenvalue weighted by atomic mass is 10.2. The first kappa shape index (κ1) is 17.1. The van der Waals surface area contributed by atoms with E-state index in [0.717, 1.165) is 44.9 Å². The monoisotopic (exact) mass is 292 g/mol. The Bertz CT molecular complexity index is 343. The highest BCUT2D eigenvalue weighted by atomic mass is 28.3. The molecule has 1 aromatic carbocycles. The quantitative estimate of drug-likeness (QED) is 0.440. The molecule has 0 aliphatic carbocycles. The Morgan fingerprint density at radius 3 is 2.25 bits per heavy atom. The average Bonchev–Trinajstić information content (AvgIpc) is 2.50. The maximum Gasteiger partial charge on any atom is 0.321 e. The van der Waals surface area contributed by atoms with Gasteiger partial charge in [-0.1, -0.05) is 56.3 Å². The van der Waals surface area contributed by atoms with Crippen LogP contribution in [0.15, 0.2) is 36.4 Å². The fourth-order valence-electron chi connectivity index (χ4n) is 1.90. The number of hydrogen-bond acceptors (Lipinski definition) is 2. The lowest BCUT2D eigenvalue weighted by Gasteiger charge is -2.15. The molecule has 0 N–H and O–H groups in total. The highest BCUT2D eigenvalue weighted by molar-refractivity contribution is 6.44. The van der Waals surface area contributed by atoms with Crippen LogP contribution in [-0.4, -0.2) is 22.5 Å². The zero-order valence-electron chi connectivity index (χ0n) is 12.9. The van der Waals surface area contributed by atoms with Crippen LogP contribution in [0.5, 0.6) is 0 Å². The molecule has 0 amide bonds. The summed E-state index contributed by atoms with van der Waals surface area (Å²) in [7, 11) is -1.42. The average molecular weight is 292 g/mol. The third-order valence-electron chi connectivity index (χ3n) is 2.94. The molecule has 0 spiro atoms. The highest BCUT2D eigenvalue weighted by Crippen LogP contribution is 2.08. The minimum absolute atomic E-state index is 0.848. The van der Waals surface area contributed by atoms with E-state index in [9.17, 15) is 0 Å². The summed E-state index contributed by atoms with van der Waals surface area (Å²) in [4.78, 5) is 0. The van der Waals surface area contributed by atoms with Gasteiger partial charge in [0, 0.05) is 13.2 Å². The van der Waals surface area contributed by atoms with Crippen molar-refractivity contribution < 1.29 is 8.85 Å². The van der Waals surface area contributed by atoms with E-state index >= 15 is 0 Å². The fraction of sp³-hybridized carbons (Fsp3) is 0.529. The van der Waals surface area contributed by atoms with Gasteiger partial charge in [0.2, 0.25) is 0 Å². The Kier molecular flexibility index (Phi) is 10.2. The van der Waals surface area contributed by atoms with Crippen molar-refractivity contribution in [3.8, 4) is 0 Å². The van der Waals surface area contributed by atoms with E-state index in [-0.39, 0.29) is 0 Å². The summed E-state index contributed by atoms with van der Waals surface area (Å²) in [5.41, 5.74) is 1.27. The van der Waals surface area contributed by atoms with Crippen LogP contribution in [0.4, 0.5) is 0 Å². The van der Waals surface area contributed by atoms with Gasteiger partial charge in [-0.3, -0.25) is 0 Å². The van der Waals surface area contributed by atoms with Gasteiger partial charge >= 0.3 is 9.28 Å². The second kappa shape index (κ2) is 11.9. The maximum absolute atomic E-state index is 5.85. The molecule has 1 aromatic rings. The van der Waals surface area contributed by atoms with Gasteiger partial charge < -0.3 is 8.85 Å². The van der Waals surface area contributed by atoms with Crippen LogP contribution in [0.3, 0.4) is 0 Å². The largest absolute Gasteiger partial charge is 0.397 e. The van der Waals surface area contributed by atoms with Gasteiger partial charge in [0.1, 0.15) is 0 Å².